The molecule has 6 nitrogen and oxygen atoms in total. The second-order valence-electron chi connectivity index (χ2n) is 5.09. The number of carboxylic acid groups (broad SMARTS) is 1. The minimum absolute atomic E-state index is 0.0770. The van der Waals surface area contributed by atoms with Crippen LogP contribution in [0.25, 0.3) is 0 Å². The fourth-order valence-electron chi connectivity index (χ4n) is 2.27. The number of amides is 1. The Balaban J connectivity index is 1.62. The van der Waals surface area contributed by atoms with E-state index in [2.05, 4.69) is 5.32 Å². The number of hydrogen-bond acceptors (Lipinski definition) is 4. The average molecular weight is 277 g/mol. The van der Waals surface area contributed by atoms with Gasteiger partial charge in [-0.05, 0) is 36.5 Å². The Morgan fingerprint density at radius 3 is 2.75 bits per heavy atom. The molecule has 1 amide bonds. The summed E-state index contributed by atoms with van der Waals surface area (Å²) in [5, 5.41) is 11.7. The third-order valence-electron chi connectivity index (χ3n) is 3.48. The number of rotatable bonds is 5. The van der Waals surface area contributed by atoms with Crippen molar-refractivity contribution in [2.24, 2.45) is 5.92 Å². The van der Waals surface area contributed by atoms with Gasteiger partial charge in [0.05, 0.1) is 6.42 Å². The first-order valence-electron chi connectivity index (χ1n) is 6.54. The molecule has 1 aromatic rings. The van der Waals surface area contributed by atoms with Gasteiger partial charge in [0.25, 0.3) is 0 Å². The average Bonchev–Trinajstić information content (AvgIpc) is 3.13. The van der Waals surface area contributed by atoms with E-state index in [0.29, 0.717) is 11.5 Å². The molecule has 1 saturated carbocycles. The van der Waals surface area contributed by atoms with Gasteiger partial charge in [-0.15, -0.1) is 0 Å². The molecule has 0 spiro atoms. The standard InChI is InChI=1S/C14H15NO5/c16-12(15-13(14(17)18)9-2-3-9)6-8-1-4-10-11(5-8)20-7-19-10/h1,4-5,9,13H,2-3,6-7H2,(H,15,16)(H,17,18). The lowest BCUT2D eigenvalue weighted by molar-refractivity contribution is -0.142. The van der Waals surface area contributed by atoms with E-state index in [1.54, 1.807) is 18.2 Å². The highest BCUT2D eigenvalue weighted by molar-refractivity contribution is 5.85. The van der Waals surface area contributed by atoms with E-state index in [1.807, 2.05) is 0 Å². The number of hydrogen-bond donors (Lipinski definition) is 2. The van der Waals surface area contributed by atoms with Crippen LogP contribution in [0.15, 0.2) is 18.2 Å². The Hall–Kier alpha value is -2.24. The van der Waals surface area contributed by atoms with Gasteiger partial charge in [-0.2, -0.15) is 0 Å². The molecule has 0 aromatic heterocycles. The molecular formula is C14H15NO5. The Kier molecular flexibility index (Phi) is 3.22. The Labute approximate surface area is 115 Å². The smallest absolute Gasteiger partial charge is 0.326 e. The molecular weight excluding hydrogens is 262 g/mol. The number of nitrogens with one attached hydrogen (secondary N) is 1. The molecule has 106 valence electrons. The summed E-state index contributed by atoms with van der Waals surface area (Å²) in [4.78, 5) is 23.0. The van der Waals surface area contributed by atoms with Crippen molar-refractivity contribution in [1.29, 1.82) is 0 Å². The molecule has 1 aromatic carbocycles. The third kappa shape index (κ3) is 2.68. The summed E-state index contributed by atoms with van der Waals surface area (Å²) in [6.45, 7) is 0.188. The molecule has 1 aliphatic heterocycles. The lowest BCUT2D eigenvalue weighted by Crippen LogP contribution is -2.43. The van der Waals surface area contributed by atoms with Gasteiger partial charge in [0.1, 0.15) is 6.04 Å². The summed E-state index contributed by atoms with van der Waals surface area (Å²) in [5.41, 5.74) is 0.770. The van der Waals surface area contributed by atoms with Crippen LogP contribution in [-0.4, -0.2) is 29.8 Å². The van der Waals surface area contributed by atoms with Gasteiger partial charge in [-0.1, -0.05) is 6.07 Å². The van der Waals surface area contributed by atoms with Crippen LogP contribution in [-0.2, 0) is 16.0 Å². The summed E-state index contributed by atoms with van der Waals surface area (Å²) in [5.74, 6) is 0.103. The molecule has 6 heteroatoms. The minimum Gasteiger partial charge on any atom is -0.480 e. The zero-order valence-corrected chi connectivity index (χ0v) is 10.8. The highest BCUT2D eigenvalue weighted by atomic mass is 16.7. The fraction of sp³-hybridized carbons (Fsp3) is 0.429. The fourth-order valence-corrected chi connectivity index (χ4v) is 2.27. The predicted octanol–water partition coefficient (Wildman–Crippen LogP) is 0.937. The van der Waals surface area contributed by atoms with Crippen molar-refractivity contribution >= 4 is 11.9 Å². The van der Waals surface area contributed by atoms with Crippen LogP contribution in [0.3, 0.4) is 0 Å². The summed E-state index contributed by atoms with van der Waals surface area (Å²) >= 11 is 0. The third-order valence-corrected chi connectivity index (χ3v) is 3.48. The number of fused-ring (bicyclic) bond motifs is 1. The van der Waals surface area contributed by atoms with Crippen LogP contribution >= 0.6 is 0 Å². The Bertz CT molecular complexity index is 552. The monoisotopic (exact) mass is 277 g/mol. The quantitative estimate of drug-likeness (QED) is 0.836. The number of ether oxygens (including phenoxy) is 2. The van der Waals surface area contributed by atoms with E-state index in [0.717, 1.165) is 18.4 Å². The van der Waals surface area contributed by atoms with Gasteiger partial charge >= 0.3 is 5.97 Å². The van der Waals surface area contributed by atoms with Crippen LogP contribution in [0.1, 0.15) is 18.4 Å². The number of carbonyl (C=O) groups is 2. The van der Waals surface area contributed by atoms with Crippen LogP contribution in [0.4, 0.5) is 0 Å². The van der Waals surface area contributed by atoms with Gasteiger partial charge in [0, 0.05) is 0 Å². The topological polar surface area (TPSA) is 84.9 Å². The minimum atomic E-state index is -0.966. The summed E-state index contributed by atoms with van der Waals surface area (Å²) < 4.78 is 10.4. The lowest BCUT2D eigenvalue weighted by atomic mass is 10.1. The van der Waals surface area contributed by atoms with E-state index < -0.39 is 12.0 Å². The molecule has 0 saturated heterocycles. The van der Waals surface area contributed by atoms with Gasteiger partial charge in [-0.25, -0.2) is 4.79 Å². The number of aliphatic carboxylic acids is 1. The number of carboxylic acids is 1. The highest BCUT2D eigenvalue weighted by Crippen LogP contribution is 2.33. The van der Waals surface area contributed by atoms with E-state index in [1.165, 1.54) is 0 Å². The summed E-state index contributed by atoms with van der Waals surface area (Å²) in [7, 11) is 0. The van der Waals surface area contributed by atoms with E-state index in [9.17, 15) is 9.59 Å². The summed E-state index contributed by atoms with van der Waals surface area (Å²) in [6.07, 6.45) is 1.86. The van der Waals surface area contributed by atoms with E-state index in [-0.39, 0.29) is 25.0 Å². The van der Waals surface area contributed by atoms with Gasteiger partial charge in [-0.3, -0.25) is 4.79 Å². The summed E-state index contributed by atoms with van der Waals surface area (Å²) in [6, 6.07) is 4.51. The second-order valence-corrected chi connectivity index (χ2v) is 5.09. The molecule has 1 unspecified atom stereocenters. The van der Waals surface area contributed by atoms with E-state index >= 15 is 0 Å². The van der Waals surface area contributed by atoms with Crippen LogP contribution in [0.5, 0.6) is 11.5 Å². The van der Waals surface area contributed by atoms with Crippen molar-refractivity contribution in [1.82, 2.24) is 5.32 Å². The molecule has 0 bridgehead atoms. The maximum absolute atomic E-state index is 11.9. The molecule has 1 fully saturated rings. The zero-order chi connectivity index (χ0) is 14.1. The van der Waals surface area contributed by atoms with Crippen molar-refractivity contribution in [3.05, 3.63) is 23.8 Å². The largest absolute Gasteiger partial charge is 0.480 e. The second kappa shape index (κ2) is 5.03. The normalized spacial score (nSPS) is 17.6. The number of carbonyl (C=O) groups excluding carboxylic acids is 1. The highest BCUT2D eigenvalue weighted by Gasteiger charge is 2.37. The molecule has 0 radical (unpaired) electrons. The molecule has 20 heavy (non-hydrogen) atoms. The van der Waals surface area contributed by atoms with Crippen LogP contribution in [0.2, 0.25) is 0 Å². The van der Waals surface area contributed by atoms with Crippen molar-refractivity contribution in [3.8, 4) is 11.5 Å². The first kappa shape index (κ1) is 12.8. The molecule has 1 atom stereocenters. The molecule has 1 aliphatic carbocycles. The Morgan fingerprint density at radius 2 is 2.05 bits per heavy atom. The van der Waals surface area contributed by atoms with Gasteiger partial charge < -0.3 is 19.9 Å². The van der Waals surface area contributed by atoms with Crippen LogP contribution < -0.4 is 14.8 Å². The van der Waals surface area contributed by atoms with Gasteiger partial charge in [0.15, 0.2) is 11.5 Å². The first-order chi connectivity index (χ1) is 9.63. The van der Waals surface area contributed by atoms with Crippen molar-refractivity contribution in [2.75, 3.05) is 6.79 Å². The number of benzene rings is 1. The van der Waals surface area contributed by atoms with Crippen LogP contribution in [0, 0.1) is 5.92 Å². The maximum atomic E-state index is 11.9. The molecule has 2 N–H and O–H groups in total. The zero-order valence-electron chi connectivity index (χ0n) is 10.8. The van der Waals surface area contributed by atoms with E-state index in [4.69, 9.17) is 14.6 Å². The SMILES string of the molecule is O=C(Cc1ccc2c(c1)OCO2)NC(C(=O)O)C1CC1. The molecule has 2 aliphatic rings. The van der Waals surface area contributed by atoms with Crippen molar-refractivity contribution in [3.63, 3.8) is 0 Å². The predicted molar refractivity (Wildman–Crippen MR) is 68.6 cm³/mol. The molecule has 1 heterocycles. The maximum Gasteiger partial charge on any atom is 0.326 e. The molecule has 3 rings (SSSR count). The first-order valence-corrected chi connectivity index (χ1v) is 6.54. The lowest BCUT2D eigenvalue weighted by Gasteiger charge is -2.13. The van der Waals surface area contributed by atoms with Crippen molar-refractivity contribution in [2.45, 2.75) is 25.3 Å². The Morgan fingerprint density at radius 1 is 1.30 bits per heavy atom. The van der Waals surface area contributed by atoms with Crippen molar-refractivity contribution < 1.29 is 24.2 Å². The van der Waals surface area contributed by atoms with Gasteiger partial charge in [0.2, 0.25) is 12.7 Å².